The first kappa shape index (κ1) is 20.3. The summed E-state index contributed by atoms with van der Waals surface area (Å²) in [4.78, 5) is 13.0. The lowest BCUT2D eigenvalue weighted by molar-refractivity contribution is -0.198. The van der Waals surface area contributed by atoms with Crippen molar-refractivity contribution in [1.82, 2.24) is 19.5 Å². The number of aryl methyl sites for hydroxylation is 1. The van der Waals surface area contributed by atoms with Crippen molar-refractivity contribution in [2.45, 2.75) is 51.1 Å². The van der Waals surface area contributed by atoms with Gasteiger partial charge in [0.15, 0.2) is 12.0 Å². The molecule has 5 heterocycles. The lowest BCUT2D eigenvalue weighted by Gasteiger charge is -2.25. The van der Waals surface area contributed by atoms with E-state index in [1.165, 1.54) is 6.33 Å². The summed E-state index contributed by atoms with van der Waals surface area (Å²) in [5.41, 5.74) is 8.68. The normalized spacial score (nSPS) is 26.2. The fraction of sp³-hybridized carbons (Fsp3) is 0.375. The predicted molar refractivity (Wildman–Crippen MR) is 122 cm³/mol. The lowest BCUT2D eigenvalue weighted by atomic mass is 10.1. The Balaban J connectivity index is 1.30. The van der Waals surface area contributed by atoms with E-state index in [1.807, 2.05) is 61.9 Å². The van der Waals surface area contributed by atoms with Crippen molar-refractivity contribution in [2.75, 3.05) is 12.3 Å². The smallest absolute Gasteiger partial charge is 0.165 e. The van der Waals surface area contributed by atoms with E-state index in [1.54, 1.807) is 6.20 Å². The molecule has 4 aromatic rings. The second kappa shape index (κ2) is 7.38. The Morgan fingerprint density at radius 3 is 2.85 bits per heavy atom. The Labute approximate surface area is 190 Å². The summed E-state index contributed by atoms with van der Waals surface area (Å²) in [7, 11) is 0. The number of pyridine rings is 1. The maximum absolute atomic E-state index is 6.45. The van der Waals surface area contributed by atoms with E-state index in [-0.39, 0.29) is 18.3 Å². The fourth-order valence-corrected chi connectivity index (χ4v) is 4.82. The van der Waals surface area contributed by atoms with Crippen LogP contribution in [0.5, 0.6) is 5.75 Å². The fourth-order valence-electron chi connectivity index (χ4n) is 4.82. The van der Waals surface area contributed by atoms with Gasteiger partial charge in [0, 0.05) is 23.8 Å². The number of hydrogen-bond acceptors (Lipinski definition) is 8. The molecule has 6 rings (SSSR count). The number of hydrogen-bond donors (Lipinski definition) is 1. The molecule has 0 aliphatic carbocycles. The lowest BCUT2D eigenvalue weighted by Crippen LogP contribution is -2.33. The predicted octanol–water partition coefficient (Wildman–Crippen LogP) is 3.37. The number of rotatable bonds is 4. The highest BCUT2D eigenvalue weighted by atomic mass is 16.8. The molecule has 2 N–H and O–H groups in total. The minimum Gasteiger partial charge on any atom is -0.491 e. The molecule has 0 unspecified atom stereocenters. The molecule has 4 atom stereocenters. The molecule has 1 aromatic carbocycles. The summed E-state index contributed by atoms with van der Waals surface area (Å²) >= 11 is 0. The number of ether oxygens (including phenoxy) is 4. The van der Waals surface area contributed by atoms with Crippen LogP contribution in [0.25, 0.3) is 21.9 Å². The Morgan fingerprint density at radius 2 is 1.97 bits per heavy atom. The molecule has 0 bridgehead atoms. The van der Waals surface area contributed by atoms with E-state index in [2.05, 4.69) is 15.0 Å². The van der Waals surface area contributed by atoms with Gasteiger partial charge in [-0.05, 0) is 44.5 Å². The third-order valence-electron chi connectivity index (χ3n) is 6.22. The molecule has 9 heteroatoms. The molecule has 0 radical (unpaired) electrons. The molecular weight excluding hydrogens is 422 g/mol. The van der Waals surface area contributed by atoms with Gasteiger partial charge in [-0.1, -0.05) is 6.07 Å². The maximum atomic E-state index is 6.45. The van der Waals surface area contributed by atoms with Gasteiger partial charge in [0.05, 0.1) is 10.9 Å². The second-order valence-corrected chi connectivity index (χ2v) is 8.98. The van der Waals surface area contributed by atoms with E-state index in [0.717, 1.165) is 27.6 Å². The standard InChI is InChI=1S/C24H25N5O4/c1-13-10-29(22-18(13)21(25)27-12-28-22)23-20-19(32-24(2,3)33-20)17(31-23)11-30-15-7-6-14-5-4-8-26-16(14)9-15/h4-10,12,17,19-20,23H,11H2,1-3H3,(H2,25,27,28)/t17-,19-,20-,23-/m1/s1. The Morgan fingerprint density at radius 1 is 1.12 bits per heavy atom. The van der Waals surface area contributed by atoms with Gasteiger partial charge in [-0.15, -0.1) is 0 Å². The zero-order chi connectivity index (χ0) is 22.7. The number of fused-ring (bicyclic) bond motifs is 3. The van der Waals surface area contributed by atoms with Gasteiger partial charge in [-0.2, -0.15) is 0 Å². The van der Waals surface area contributed by atoms with Crippen molar-refractivity contribution in [3.05, 3.63) is 54.6 Å². The first-order valence-corrected chi connectivity index (χ1v) is 11.0. The highest BCUT2D eigenvalue weighted by Crippen LogP contribution is 2.44. The summed E-state index contributed by atoms with van der Waals surface area (Å²) in [6.45, 7) is 6.11. The van der Waals surface area contributed by atoms with E-state index >= 15 is 0 Å². The number of aromatic nitrogens is 4. The molecule has 2 aliphatic heterocycles. The maximum Gasteiger partial charge on any atom is 0.165 e. The highest BCUT2D eigenvalue weighted by molar-refractivity contribution is 5.89. The van der Waals surface area contributed by atoms with Gasteiger partial charge >= 0.3 is 0 Å². The zero-order valence-corrected chi connectivity index (χ0v) is 18.6. The van der Waals surface area contributed by atoms with Gasteiger partial charge < -0.3 is 29.2 Å². The minimum absolute atomic E-state index is 0.291. The summed E-state index contributed by atoms with van der Waals surface area (Å²) in [6, 6.07) is 9.80. The van der Waals surface area contributed by atoms with Crippen molar-refractivity contribution in [2.24, 2.45) is 0 Å². The monoisotopic (exact) mass is 447 g/mol. The Hall–Kier alpha value is -3.27. The molecule has 9 nitrogen and oxygen atoms in total. The number of anilines is 1. The molecular formula is C24H25N5O4. The Bertz CT molecular complexity index is 1350. The van der Waals surface area contributed by atoms with Crippen LogP contribution in [0.2, 0.25) is 0 Å². The van der Waals surface area contributed by atoms with E-state index < -0.39 is 12.0 Å². The van der Waals surface area contributed by atoms with Crippen LogP contribution in [-0.4, -0.2) is 50.2 Å². The average Bonchev–Trinajstić information content (AvgIpc) is 3.41. The van der Waals surface area contributed by atoms with Crippen molar-refractivity contribution >= 4 is 27.8 Å². The first-order chi connectivity index (χ1) is 15.9. The van der Waals surface area contributed by atoms with Crippen LogP contribution in [0.4, 0.5) is 5.82 Å². The van der Waals surface area contributed by atoms with Crippen LogP contribution in [0, 0.1) is 6.92 Å². The van der Waals surface area contributed by atoms with E-state index in [4.69, 9.17) is 24.7 Å². The van der Waals surface area contributed by atoms with Crippen LogP contribution < -0.4 is 10.5 Å². The Kier molecular flexibility index (Phi) is 4.55. The summed E-state index contributed by atoms with van der Waals surface area (Å²) in [5.74, 6) is 0.444. The number of nitrogen functional groups attached to an aromatic ring is 1. The van der Waals surface area contributed by atoms with E-state index in [0.29, 0.717) is 18.1 Å². The van der Waals surface area contributed by atoms with Gasteiger partial charge in [0.2, 0.25) is 0 Å². The zero-order valence-electron chi connectivity index (χ0n) is 18.6. The van der Waals surface area contributed by atoms with Crippen molar-refractivity contribution in [3.8, 4) is 5.75 Å². The highest BCUT2D eigenvalue weighted by Gasteiger charge is 2.56. The molecule has 0 saturated carbocycles. The summed E-state index contributed by atoms with van der Waals surface area (Å²) in [5, 5.41) is 1.88. The quantitative estimate of drug-likeness (QED) is 0.508. The number of nitrogens with two attached hydrogens (primary N) is 1. The van der Waals surface area contributed by atoms with Gasteiger partial charge in [0.1, 0.15) is 48.5 Å². The third kappa shape index (κ3) is 3.40. The number of nitrogens with zero attached hydrogens (tertiary/aromatic N) is 4. The van der Waals surface area contributed by atoms with Crippen LogP contribution in [0.1, 0.15) is 25.6 Å². The topological polar surface area (TPSA) is 107 Å². The van der Waals surface area contributed by atoms with Gasteiger partial charge in [-0.3, -0.25) is 4.98 Å². The van der Waals surface area contributed by atoms with Crippen LogP contribution in [-0.2, 0) is 14.2 Å². The average molecular weight is 447 g/mol. The molecule has 3 aromatic heterocycles. The molecule has 0 spiro atoms. The third-order valence-corrected chi connectivity index (χ3v) is 6.22. The molecule has 0 amide bonds. The molecule has 2 saturated heterocycles. The summed E-state index contributed by atoms with van der Waals surface area (Å²) in [6.07, 6.45) is 3.83. The van der Waals surface area contributed by atoms with Gasteiger partial charge in [-0.25, -0.2) is 9.97 Å². The van der Waals surface area contributed by atoms with Crippen molar-refractivity contribution < 1.29 is 18.9 Å². The number of benzene rings is 1. The van der Waals surface area contributed by atoms with Crippen LogP contribution in [0.3, 0.4) is 0 Å². The van der Waals surface area contributed by atoms with Gasteiger partial charge in [0.25, 0.3) is 0 Å². The SMILES string of the molecule is Cc1cn([C@@H]2O[C@H](COc3ccc4cccnc4c3)[C@H]3OC(C)(C)O[C@H]32)c2ncnc(N)c12. The minimum atomic E-state index is -0.728. The second-order valence-electron chi connectivity index (χ2n) is 8.98. The van der Waals surface area contributed by atoms with Crippen LogP contribution in [0.15, 0.2) is 49.1 Å². The van der Waals surface area contributed by atoms with Crippen molar-refractivity contribution in [1.29, 1.82) is 0 Å². The molecule has 2 aliphatic rings. The molecule has 170 valence electrons. The summed E-state index contributed by atoms with van der Waals surface area (Å²) < 4.78 is 27.0. The first-order valence-electron chi connectivity index (χ1n) is 11.0. The van der Waals surface area contributed by atoms with Crippen LogP contribution >= 0.6 is 0 Å². The van der Waals surface area contributed by atoms with Crippen molar-refractivity contribution in [3.63, 3.8) is 0 Å². The van der Waals surface area contributed by atoms with E-state index in [9.17, 15) is 0 Å². The molecule has 33 heavy (non-hydrogen) atoms. The molecule has 2 fully saturated rings. The largest absolute Gasteiger partial charge is 0.491 e.